The molecule has 92 valence electrons. The topological polar surface area (TPSA) is 40.2 Å². The molecule has 0 bridgehead atoms. The zero-order valence-corrected chi connectivity index (χ0v) is 9.65. The Hall–Kier alpha value is -2.35. The van der Waals surface area contributed by atoms with E-state index in [0.717, 1.165) is 17.7 Å². The third-order valence-electron chi connectivity index (χ3n) is 2.53. The molecule has 0 saturated carbocycles. The Morgan fingerprint density at radius 1 is 1.33 bits per heavy atom. The van der Waals surface area contributed by atoms with Crippen molar-refractivity contribution in [2.24, 2.45) is 0 Å². The summed E-state index contributed by atoms with van der Waals surface area (Å²) in [7, 11) is 1.57. The zero-order chi connectivity index (χ0) is 13.1. The highest BCUT2D eigenvalue weighted by Crippen LogP contribution is 2.25. The van der Waals surface area contributed by atoms with Crippen LogP contribution in [0, 0.1) is 23.0 Å². The standard InChI is InChI=1S/C13H10F2N2O/c1-17(7-9-2-3-18-8-9)13-11(14)4-10(6-16)5-12(13)15/h2-5,8H,7H2,1H3. The van der Waals surface area contributed by atoms with E-state index in [4.69, 9.17) is 9.68 Å². The summed E-state index contributed by atoms with van der Waals surface area (Å²) >= 11 is 0. The van der Waals surface area contributed by atoms with Gasteiger partial charge in [-0.2, -0.15) is 5.26 Å². The lowest BCUT2D eigenvalue weighted by Gasteiger charge is -2.19. The Kier molecular flexibility index (Phi) is 3.28. The number of anilines is 1. The molecular weight excluding hydrogens is 238 g/mol. The quantitative estimate of drug-likeness (QED) is 0.838. The van der Waals surface area contributed by atoms with Crippen LogP contribution in [-0.2, 0) is 6.54 Å². The van der Waals surface area contributed by atoms with E-state index in [0.29, 0.717) is 6.54 Å². The summed E-state index contributed by atoms with van der Waals surface area (Å²) in [4.78, 5) is 1.43. The maximum atomic E-state index is 13.7. The molecule has 18 heavy (non-hydrogen) atoms. The average molecular weight is 248 g/mol. The van der Waals surface area contributed by atoms with Gasteiger partial charge in [-0.05, 0) is 18.2 Å². The molecule has 0 unspecified atom stereocenters. The number of nitrogens with zero attached hydrogens (tertiary/aromatic N) is 2. The van der Waals surface area contributed by atoms with Crippen molar-refractivity contribution in [1.82, 2.24) is 0 Å². The Labute approximate surface area is 103 Å². The fourth-order valence-corrected chi connectivity index (χ4v) is 1.73. The molecule has 0 aliphatic rings. The summed E-state index contributed by atoms with van der Waals surface area (Å²) < 4.78 is 32.3. The monoisotopic (exact) mass is 248 g/mol. The van der Waals surface area contributed by atoms with Gasteiger partial charge in [0.2, 0.25) is 0 Å². The number of furan rings is 1. The number of nitriles is 1. The van der Waals surface area contributed by atoms with E-state index in [-0.39, 0.29) is 11.3 Å². The molecule has 1 heterocycles. The molecule has 2 rings (SSSR count). The first-order chi connectivity index (χ1) is 8.61. The van der Waals surface area contributed by atoms with Gasteiger partial charge in [0, 0.05) is 19.2 Å². The predicted molar refractivity (Wildman–Crippen MR) is 61.9 cm³/mol. The minimum atomic E-state index is -0.752. The van der Waals surface area contributed by atoms with Crippen LogP contribution in [0.25, 0.3) is 0 Å². The van der Waals surface area contributed by atoms with Gasteiger partial charge in [-0.25, -0.2) is 8.78 Å². The van der Waals surface area contributed by atoms with E-state index >= 15 is 0 Å². The van der Waals surface area contributed by atoms with Gasteiger partial charge >= 0.3 is 0 Å². The van der Waals surface area contributed by atoms with Crippen LogP contribution in [0.1, 0.15) is 11.1 Å². The molecule has 0 aliphatic heterocycles. The summed E-state index contributed by atoms with van der Waals surface area (Å²) in [6, 6.07) is 5.46. The van der Waals surface area contributed by atoms with Crippen molar-refractivity contribution in [3.63, 3.8) is 0 Å². The number of benzene rings is 1. The Morgan fingerprint density at radius 3 is 2.50 bits per heavy atom. The molecular formula is C13H10F2N2O. The van der Waals surface area contributed by atoms with Crippen LogP contribution in [0.4, 0.5) is 14.5 Å². The first-order valence-corrected chi connectivity index (χ1v) is 5.23. The smallest absolute Gasteiger partial charge is 0.150 e. The zero-order valence-electron chi connectivity index (χ0n) is 9.65. The molecule has 0 radical (unpaired) electrons. The summed E-state index contributed by atoms with van der Waals surface area (Å²) in [5.74, 6) is -1.50. The Morgan fingerprint density at radius 2 is 2.00 bits per heavy atom. The van der Waals surface area contributed by atoms with Crippen LogP contribution in [0.15, 0.2) is 35.1 Å². The normalized spacial score (nSPS) is 10.1. The van der Waals surface area contributed by atoms with E-state index in [9.17, 15) is 8.78 Å². The minimum absolute atomic E-state index is 0.0366. The highest BCUT2D eigenvalue weighted by molar-refractivity contribution is 5.52. The summed E-state index contributed by atoms with van der Waals surface area (Å²) in [6.07, 6.45) is 3.00. The van der Waals surface area contributed by atoms with Crippen molar-refractivity contribution < 1.29 is 13.2 Å². The first-order valence-electron chi connectivity index (χ1n) is 5.23. The first kappa shape index (κ1) is 12.1. The van der Waals surface area contributed by atoms with Crippen LogP contribution >= 0.6 is 0 Å². The number of hydrogen-bond donors (Lipinski definition) is 0. The molecule has 0 N–H and O–H groups in total. The molecule has 1 aromatic heterocycles. The lowest BCUT2D eigenvalue weighted by Crippen LogP contribution is -2.19. The number of rotatable bonds is 3. The van der Waals surface area contributed by atoms with Gasteiger partial charge in [-0.15, -0.1) is 0 Å². The van der Waals surface area contributed by atoms with Gasteiger partial charge in [-0.3, -0.25) is 0 Å². The number of halogens is 2. The molecule has 0 amide bonds. The summed E-state index contributed by atoms with van der Waals surface area (Å²) in [6.45, 7) is 0.316. The lowest BCUT2D eigenvalue weighted by atomic mass is 10.2. The molecule has 0 aliphatic carbocycles. The lowest BCUT2D eigenvalue weighted by molar-refractivity contribution is 0.560. The van der Waals surface area contributed by atoms with E-state index in [2.05, 4.69) is 0 Å². The maximum absolute atomic E-state index is 13.7. The van der Waals surface area contributed by atoms with Crippen LogP contribution < -0.4 is 4.90 Å². The summed E-state index contributed by atoms with van der Waals surface area (Å²) in [5, 5.41) is 8.61. The summed E-state index contributed by atoms with van der Waals surface area (Å²) in [5.41, 5.74) is 0.612. The van der Waals surface area contributed by atoms with Crippen molar-refractivity contribution in [1.29, 1.82) is 5.26 Å². The maximum Gasteiger partial charge on any atom is 0.150 e. The van der Waals surface area contributed by atoms with E-state index in [1.54, 1.807) is 19.2 Å². The third kappa shape index (κ3) is 2.33. The van der Waals surface area contributed by atoms with E-state index in [1.165, 1.54) is 17.4 Å². The van der Waals surface area contributed by atoms with Crippen LogP contribution in [0.5, 0.6) is 0 Å². The number of hydrogen-bond acceptors (Lipinski definition) is 3. The Bertz CT molecular complexity index is 565. The van der Waals surface area contributed by atoms with Crippen molar-refractivity contribution >= 4 is 5.69 Å². The third-order valence-corrected chi connectivity index (χ3v) is 2.53. The van der Waals surface area contributed by atoms with Gasteiger partial charge in [0.25, 0.3) is 0 Å². The molecule has 5 heteroatoms. The fraction of sp³-hybridized carbons (Fsp3) is 0.154. The molecule has 0 fully saturated rings. The van der Waals surface area contributed by atoms with Crippen LogP contribution in [0.3, 0.4) is 0 Å². The van der Waals surface area contributed by atoms with Gasteiger partial charge in [0.1, 0.15) is 5.69 Å². The molecule has 0 atom stereocenters. The van der Waals surface area contributed by atoms with Gasteiger partial charge in [-0.1, -0.05) is 0 Å². The average Bonchev–Trinajstić information content (AvgIpc) is 2.80. The molecule has 1 aromatic carbocycles. The van der Waals surface area contributed by atoms with Crippen molar-refractivity contribution in [2.75, 3.05) is 11.9 Å². The predicted octanol–water partition coefficient (Wildman–Crippen LogP) is 3.07. The second kappa shape index (κ2) is 4.88. The fourth-order valence-electron chi connectivity index (χ4n) is 1.73. The highest BCUT2D eigenvalue weighted by Gasteiger charge is 2.15. The van der Waals surface area contributed by atoms with Crippen molar-refractivity contribution in [3.05, 3.63) is 53.5 Å². The second-order valence-corrected chi connectivity index (χ2v) is 3.89. The van der Waals surface area contributed by atoms with Crippen LogP contribution in [-0.4, -0.2) is 7.05 Å². The Balaban J connectivity index is 2.31. The second-order valence-electron chi connectivity index (χ2n) is 3.89. The molecule has 2 aromatic rings. The molecule has 3 nitrogen and oxygen atoms in total. The van der Waals surface area contributed by atoms with Crippen molar-refractivity contribution in [2.45, 2.75) is 6.54 Å². The van der Waals surface area contributed by atoms with Gasteiger partial charge in [0.15, 0.2) is 11.6 Å². The molecule has 0 saturated heterocycles. The largest absolute Gasteiger partial charge is 0.472 e. The SMILES string of the molecule is CN(Cc1ccoc1)c1c(F)cc(C#N)cc1F. The highest BCUT2D eigenvalue weighted by atomic mass is 19.1. The van der Waals surface area contributed by atoms with E-state index in [1.807, 2.05) is 0 Å². The van der Waals surface area contributed by atoms with E-state index < -0.39 is 11.6 Å². The van der Waals surface area contributed by atoms with Gasteiger partial charge in [0.05, 0.1) is 24.2 Å². The van der Waals surface area contributed by atoms with Gasteiger partial charge < -0.3 is 9.32 Å². The molecule has 0 spiro atoms. The van der Waals surface area contributed by atoms with Crippen molar-refractivity contribution in [3.8, 4) is 6.07 Å². The minimum Gasteiger partial charge on any atom is -0.472 e. The van der Waals surface area contributed by atoms with Crippen LogP contribution in [0.2, 0.25) is 0 Å².